The minimum Gasteiger partial charge on any atom is -0.392 e. The molecule has 0 saturated heterocycles. The van der Waals surface area contributed by atoms with Crippen LogP contribution in [0, 0.1) is 43.3 Å². The van der Waals surface area contributed by atoms with Crippen LogP contribution in [0.5, 0.6) is 0 Å². The van der Waals surface area contributed by atoms with Gasteiger partial charge in [0.25, 0.3) is 0 Å². The molecule has 62 heavy (non-hydrogen) atoms. The molecule has 8 heteroatoms. The Morgan fingerprint density at radius 1 is 0.403 bits per heavy atom. The van der Waals surface area contributed by atoms with E-state index in [0.717, 1.165) is 0 Å². The van der Waals surface area contributed by atoms with E-state index in [1.807, 2.05) is 65.8 Å². The fourth-order valence-electron chi connectivity index (χ4n) is 1.51. The third-order valence-corrected chi connectivity index (χ3v) is 7.09. The zero-order valence-electron chi connectivity index (χ0n) is 46.5. The van der Waals surface area contributed by atoms with Crippen LogP contribution in [-0.4, -0.2) is 46.5 Å². The van der Waals surface area contributed by atoms with Gasteiger partial charge in [-0.2, -0.15) is 0 Å². The monoisotopic (exact) mass is 880 g/mol. The second-order valence-electron chi connectivity index (χ2n) is 24.0. The molecule has 0 aliphatic carbocycles. The highest BCUT2D eigenvalue weighted by Gasteiger charge is 2.17. The van der Waals surface area contributed by atoms with E-state index in [-0.39, 0.29) is 79.3 Å². The van der Waals surface area contributed by atoms with Crippen molar-refractivity contribution in [3.8, 4) is 0 Å². The van der Waals surface area contributed by atoms with Crippen LogP contribution in [0.25, 0.3) is 0 Å². The van der Waals surface area contributed by atoms with Gasteiger partial charge >= 0.3 is 0 Å². The molecule has 1 amide bonds. The van der Waals surface area contributed by atoms with Crippen molar-refractivity contribution < 1.29 is 33.9 Å². The fraction of sp³-hybridized carbons (Fsp3) is 0.741. The number of nitrogens with two attached hydrogens (primary N) is 1. The van der Waals surface area contributed by atoms with Gasteiger partial charge in [0.1, 0.15) is 11.6 Å². The molecule has 0 aromatic heterocycles. The number of Topliss-reactive ketones (excluding diaryl/α,β-unsaturated/α-hetero) is 2. The van der Waals surface area contributed by atoms with Gasteiger partial charge in [-0.1, -0.05) is 210 Å². The molecular formula is C54H105NO7. The summed E-state index contributed by atoms with van der Waals surface area (Å²) in [6.07, 6.45) is 15.6. The van der Waals surface area contributed by atoms with E-state index in [4.69, 9.17) is 10.8 Å². The Bertz CT molecular complexity index is 1210. The van der Waals surface area contributed by atoms with Gasteiger partial charge in [0.15, 0.2) is 17.3 Å². The largest absolute Gasteiger partial charge is 0.392 e. The summed E-state index contributed by atoms with van der Waals surface area (Å²) >= 11 is 0. The molecule has 0 saturated carbocycles. The van der Waals surface area contributed by atoms with Gasteiger partial charge in [-0.05, 0) is 79.9 Å². The lowest BCUT2D eigenvalue weighted by molar-refractivity contribution is -0.125. The number of carbonyl (C=O) groups excluding carboxylic acids is 6. The summed E-state index contributed by atoms with van der Waals surface area (Å²) in [5.74, 6) is 0.576. The second-order valence-corrected chi connectivity index (χ2v) is 24.0. The van der Waals surface area contributed by atoms with E-state index in [9.17, 15) is 28.8 Å². The van der Waals surface area contributed by atoms with Crippen LogP contribution in [0.15, 0.2) is 48.6 Å². The first-order chi connectivity index (χ1) is 26.7. The average molecular weight is 880 g/mol. The summed E-state index contributed by atoms with van der Waals surface area (Å²) in [6, 6.07) is 0. The number of allylic oxidation sites excluding steroid dienone is 7. The maximum atomic E-state index is 10.5. The van der Waals surface area contributed by atoms with E-state index in [2.05, 4.69) is 111 Å². The Morgan fingerprint density at radius 3 is 0.597 bits per heavy atom. The summed E-state index contributed by atoms with van der Waals surface area (Å²) in [7, 11) is 0. The molecule has 0 aliphatic heterocycles. The third-order valence-electron chi connectivity index (χ3n) is 7.09. The van der Waals surface area contributed by atoms with Crippen molar-refractivity contribution in [3.63, 3.8) is 0 Å². The van der Waals surface area contributed by atoms with Crippen LogP contribution in [-0.2, 0) is 28.8 Å². The number of primary amides is 1. The predicted octanol–water partition coefficient (Wildman–Crippen LogP) is 14.3. The number of carbonyl (C=O) groups is 6. The quantitative estimate of drug-likeness (QED) is 0.211. The molecule has 0 aliphatic rings. The third kappa shape index (κ3) is 106. The molecule has 368 valence electrons. The number of aliphatic hydroxyl groups is 1. The smallest absolute Gasteiger partial charge is 0.222 e. The van der Waals surface area contributed by atoms with Crippen LogP contribution < -0.4 is 5.73 Å². The molecule has 0 aromatic carbocycles. The Hall–Kier alpha value is -3.26. The minimum atomic E-state index is -0.361. The number of amides is 1. The van der Waals surface area contributed by atoms with Crippen LogP contribution >= 0.6 is 0 Å². The first-order valence-electron chi connectivity index (χ1n) is 21.9. The summed E-state index contributed by atoms with van der Waals surface area (Å²) in [4.78, 5) is 62.4. The highest BCUT2D eigenvalue weighted by atomic mass is 16.2. The van der Waals surface area contributed by atoms with Crippen LogP contribution in [0.4, 0.5) is 0 Å². The predicted molar refractivity (Wildman–Crippen MR) is 272 cm³/mol. The molecule has 0 unspecified atom stereocenters. The standard InChI is InChI=1S/3C8H14O.C7H14O.2C6H12O.C6H14.C5H11NO/c3*1-7(9)5-6-8(2,3)4;1-7(2,3)5-4-6-8;2*1-5(7)6(2,3)4;1-5-6(2,3)4;1-5(2,3)4(6)7/h3*5-6H,1-4H3;4-5,8H,6H2,1-3H3;2*1-4H3;5H2,1-4H3;1-3H3,(H2,6,7)/b3*6-5+;5-4+;;;;. The van der Waals surface area contributed by atoms with Crippen molar-refractivity contribution >= 4 is 34.8 Å². The molecule has 0 radical (unpaired) electrons. The molecule has 0 aromatic rings. The summed E-state index contributed by atoms with van der Waals surface area (Å²) in [5.41, 5.74) is 5.44. The van der Waals surface area contributed by atoms with Crippen LogP contribution in [0.1, 0.15) is 214 Å². The van der Waals surface area contributed by atoms with Gasteiger partial charge in [0.2, 0.25) is 5.91 Å². The Labute approximate surface area is 385 Å². The van der Waals surface area contributed by atoms with Gasteiger partial charge in [0, 0.05) is 16.2 Å². The molecule has 8 nitrogen and oxygen atoms in total. The Kier molecular flexibility index (Phi) is 43.1. The lowest BCUT2D eigenvalue weighted by Crippen LogP contribution is -2.27. The summed E-state index contributed by atoms with van der Waals surface area (Å²) in [5, 5.41) is 8.34. The van der Waals surface area contributed by atoms with Crippen molar-refractivity contribution in [1.82, 2.24) is 0 Å². The number of hydrogen-bond acceptors (Lipinski definition) is 7. The Morgan fingerprint density at radius 2 is 0.565 bits per heavy atom. The second kappa shape index (κ2) is 35.1. The molecule has 0 spiro atoms. The first kappa shape index (κ1) is 76.1. The lowest BCUT2D eigenvalue weighted by atomic mass is 9.92. The molecule has 0 atom stereocenters. The van der Waals surface area contributed by atoms with E-state index in [0.29, 0.717) is 5.41 Å². The molecule has 0 fully saturated rings. The maximum Gasteiger partial charge on any atom is 0.222 e. The SMILES string of the molecule is CC(=O)/C=C/C(C)(C)C.CC(=O)/C=C/C(C)(C)C.CC(=O)/C=C/C(C)(C)C.CC(=O)C(C)(C)C.CC(=O)C(C)(C)C.CC(C)(C)/C=C/CO.CC(C)(C)C(N)=O.CCC(C)(C)C. The van der Waals surface area contributed by atoms with Crippen molar-refractivity contribution in [2.45, 2.75) is 214 Å². The first-order valence-corrected chi connectivity index (χ1v) is 21.9. The van der Waals surface area contributed by atoms with E-state index in [1.165, 1.54) is 6.42 Å². The van der Waals surface area contributed by atoms with Crippen molar-refractivity contribution in [2.75, 3.05) is 6.61 Å². The van der Waals surface area contributed by atoms with Crippen LogP contribution in [0.2, 0.25) is 0 Å². The van der Waals surface area contributed by atoms with Crippen molar-refractivity contribution in [1.29, 1.82) is 0 Å². The molecule has 3 N–H and O–H groups in total. The zero-order chi connectivity index (χ0) is 52.5. The van der Waals surface area contributed by atoms with Gasteiger partial charge < -0.3 is 10.8 Å². The number of ketones is 5. The topological polar surface area (TPSA) is 149 Å². The highest BCUT2D eigenvalue weighted by molar-refractivity contribution is 5.88. The molecule has 0 rings (SSSR count). The molecule has 0 heterocycles. The van der Waals surface area contributed by atoms with Crippen molar-refractivity contribution in [2.24, 2.45) is 49.1 Å². The van der Waals surface area contributed by atoms with E-state index < -0.39 is 0 Å². The number of rotatable bonds is 4. The summed E-state index contributed by atoms with van der Waals surface area (Å²) in [6.45, 7) is 58.7. The highest BCUT2D eigenvalue weighted by Crippen LogP contribution is 2.17. The zero-order valence-corrected chi connectivity index (χ0v) is 46.5. The molecular weight excluding hydrogens is 775 g/mol. The van der Waals surface area contributed by atoms with E-state index >= 15 is 0 Å². The van der Waals surface area contributed by atoms with Crippen LogP contribution in [0.3, 0.4) is 0 Å². The fourth-order valence-corrected chi connectivity index (χ4v) is 1.51. The van der Waals surface area contributed by atoms with Crippen molar-refractivity contribution in [3.05, 3.63) is 48.6 Å². The summed E-state index contributed by atoms with van der Waals surface area (Å²) < 4.78 is 0. The lowest BCUT2D eigenvalue weighted by Gasteiger charge is -2.12. The Balaban J connectivity index is -0.0000000899. The average Bonchev–Trinajstić information content (AvgIpc) is 3.00. The van der Waals surface area contributed by atoms with Gasteiger partial charge in [-0.3, -0.25) is 28.8 Å². The van der Waals surface area contributed by atoms with E-state index in [1.54, 1.807) is 79.7 Å². The van der Waals surface area contributed by atoms with Gasteiger partial charge in [-0.15, -0.1) is 0 Å². The number of hydrogen-bond donors (Lipinski definition) is 2. The van der Waals surface area contributed by atoms with Gasteiger partial charge in [0.05, 0.1) is 6.61 Å². The number of aliphatic hydroxyl groups excluding tert-OH is 1. The normalized spacial score (nSPS) is 12.1. The maximum absolute atomic E-state index is 10.5. The minimum absolute atomic E-state index is 0.116. The molecule has 0 bridgehead atoms. The van der Waals surface area contributed by atoms with Gasteiger partial charge in [-0.25, -0.2) is 0 Å².